The summed E-state index contributed by atoms with van der Waals surface area (Å²) in [5, 5.41) is 3.72. The normalized spacial score (nSPS) is 15.0. The summed E-state index contributed by atoms with van der Waals surface area (Å²) in [7, 11) is 1.58. The van der Waals surface area contributed by atoms with Crippen LogP contribution in [0.5, 0.6) is 0 Å². The number of hydrogen-bond donors (Lipinski definition) is 0. The second-order valence-electron chi connectivity index (χ2n) is 5.05. The van der Waals surface area contributed by atoms with Crippen molar-refractivity contribution in [2.24, 2.45) is 7.05 Å². The third-order valence-corrected chi connectivity index (χ3v) is 3.38. The maximum absolute atomic E-state index is 12.8. The molecule has 0 aliphatic heterocycles. The van der Waals surface area contributed by atoms with Gasteiger partial charge in [-0.3, -0.25) is 9.25 Å². The van der Waals surface area contributed by atoms with E-state index < -0.39 is 12.1 Å². The zero-order valence-corrected chi connectivity index (χ0v) is 11.0. The van der Waals surface area contributed by atoms with Crippen LogP contribution in [0.25, 0.3) is 0 Å². The molecule has 0 bridgehead atoms. The fraction of sp³-hybridized carbons (Fsp3) is 0.462. The molecule has 1 fully saturated rings. The fourth-order valence-corrected chi connectivity index (χ4v) is 2.21. The van der Waals surface area contributed by atoms with E-state index >= 15 is 0 Å². The Hall–Kier alpha value is -2.05. The van der Waals surface area contributed by atoms with Crippen LogP contribution in [0.1, 0.15) is 42.1 Å². The summed E-state index contributed by atoms with van der Waals surface area (Å²) in [6.45, 7) is 0.0598. The molecule has 0 saturated heterocycles. The van der Waals surface area contributed by atoms with Crippen LogP contribution in [0.4, 0.5) is 8.78 Å². The highest BCUT2D eigenvalue weighted by Gasteiger charge is 2.25. The van der Waals surface area contributed by atoms with E-state index in [0.717, 1.165) is 18.5 Å². The number of halogens is 2. The van der Waals surface area contributed by atoms with Crippen LogP contribution in [0, 0.1) is 0 Å². The van der Waals surface area contributed by atoms with Crippen LogP contribution in [0.15, 0.2) is 23.3 Å². The summed E-state index contributed by atoms with van der Waals surface area (Å²) in [4.78, 5) is 15.9. The first-order chi connectivity index (χ1) is 9.54. The minimum Gasteiger partial charge on any atom is -0.295 e. The molecule has 0 unspecified atom stereocenters. The van der Waals surface area contributed by atoms with Crippen molar-refractivity contribution in [1.29, 1.82) is 0 Å². The van der Waals surface area contributed by atoms with E-state index in [-0.39, 0.29) is 12.2 Å². The third kappa shape index (κ3) is 2.48. The van der Waals surface area contributed by atoms with Gasteiger partial charge in [-0.15, -0.1) is 0 Å². The Morgan fingerprint density at radius 3 is 2.80 bits per heavy atom. The first kappa shape index (κ1) is 13.0. The SMILES string of the molecule is Cn1cc(Cn2ccc(C3CC3)nc2=O)c(C(F)F)n1. The fourth-order valence-electron chi connectivity index (χ4n) is 2.21. The van der Waals surface area contributed by atoms with Gasteiger partial charge in [-0.05, 0) is 18.9 Å². The molecule has 1 aliphatic rings. The smallest absolute Gasteiger partial charge is 0.295 e. The molecule has 106 valence electrons. The predicted molar refractivity (Wildman–Crippen MR) is 67.7 cm³/mol. The van der Waals surface area contributed by atoms with Gasteiger partial charge in [0.05, 0.1) is 12.2 Å². The molecule has 20 heavy (non-hydrogen) atoms. The lowest BCUT2D eigenvalue weighted by Crippen LogP contribution is -2.24. The summed E-state index contributed by atoms with van der Waals surface area (Å²) in [6.07, 6.45) is 2.59. The Balaban J connectivity index is 1.89. The molecule has 0 spiro atoms. The Bertz CT molecular complexity index is 688. The van der Waals surface area contributed by atoms with E-state index in [0.29, 0.717) is 11.5 Å². The number of hydrogen-bond acceptors (Lipinski definition) is 3. The molecule has 0 atom stereocenters. The molecular weight excluding hydrogens is 266 g/mol. The molecule has 0 amide bonds. The lowest BCUT2D eigenvalue weighted by Gasteiger charge is -2.06. The highest BCUT2D eigenvalue weighted by Crippen LogP contribution is 2.38. The topological polar surface area (TPSA) is 52.7 Å². The zero-order chi connectivity index (χ0) is 14.3. The van der Waals surface area contributed by atoms with Gasteiger partial charge < -0.3 is 0 Å². The zero-order valence-electron chi connectivity index (χ0n) is 11.0. The van der Waals surface area contributed by atoms with Crippen molar-refractivity contribution in [3.8, 4) is 0 Å². The average molecular weight is 280 g/mol. The van der Waals surface area contributed by atoms with Crippen molar-refractivity contribution in [3.05, 3.63) is 45.9 Å². The molecule has 1 aliphatic carbocycles. The molecular formula is C13H14F2N4O. The van der Waals surface area contributed by atoms with Gasteiger partial charge >= 0.3 is 5.69 Å². The van der Waals surface area contributed by atoms with Gasteiger partial charge in [-0.1, -0.05) is 0 Å². The highest BCUT2D eigenvalue weighted by atomic mass is 19.3. The number of aromatic nitrogens is 4. The number of aryl methyl sites for hydroxylation is 1. The van der Waals surface area contributed by atoms with Crippen LogP contribution in [0.2, 0.25) is 0 Å². The Kier molecular flexibility index (Phi) is 3.11. The van der Waals surface area contributed by atoms with Crippen LogP contribution in [-0.4, -0.2) is 19.3 Å². The average Bonchev–Trinajstić information content (AvgIpc) is 3.16. The Morgan fingerprint density at radius 1 is 1.45 bits per heavy atom. The van der Waals surface area contributed by atoms with E-state index in [1.54, 1.807) is 19.3 Å². The quantitative estimate of drug-likeness (QED) is 0.858. The molecule has 2 heterocycles. The van der Waals surface area contributed by atoms with E-state index in [9.17, 15) is 13.6 Å². The van der Waals surface area contributed by atoms with Crippen molar-refractivity contribution >= 4 is 0 Å². The third-order valence-electron chi connectivity index (χ3n) is 3.38. The highest BCUT2D eigenvalue weighted by molar-refractivity contribution is 5.19. The van der Waals surface area contributed by atoms with Crippen LogP contribution < -0.4 is 5.69 Å². The minimum atomic E-state index is -2.65. The summed E-state index contributed by atoms with van der Waals surface area (Å²) in [5.41, 5.74) is 0.446. The minimum absolute atomic E-state index is 0.0598. The monoisotopic (exact) mass is 280 g/mol. The first-order valence-electron chi connectivity index (χ1n) is 6.42. The van der Waals surface area contributed by atoms with Crippen LogP contribution >= 0.6 is 0 Å². The van der Waals surface area contributed by atoms with Crippen molar-refractivity contribution < 1.29 is 8.78 Å². The standard InChI is InChI=1S/C13H14F2N4O/c1-18-6-9(11(17-18)12(14)15)7-19-5-4-10(8-2-3-8)16-13(19)20/h4-6,8,12H,2-3,7H2,1H3. The van der Waals surface area contributed by atoms with Crippen molar-refractivity contribution in [2.45, 2.75) is 31.7 Å². The van der Waals surface area contributed by atoms with Crippen molar-refractivity contribution in [2.75, 3.05) is 0 Å². The Morgan fingerprint density at radius 2 is 2.20 bits per heavy atom. The van der Waals surface area contributed by atoms with Crippen molar-refractivity contribution in [1.82, 2.24) is 19.3 Å². The van der Waals surface area contributed by atoms with Crippen LogP contribution in [-0.2, 0) is 13.6 Å². The molecule has 7 heteroatoms. The molecule has 0 N–H and O–H groups in total. The largest absolute Gasteiger partial charge is 0.348 e. The van der Waals surface area contributed by atoms with E-state index in [1.165, 1.54) is 15.4 Å². The number of rotatable bonds is 4. The van der Waals surface area contributed by atoms with E-state index in [4.69, 9.17) is 0 Å². The lowest BCUT2D eigenvalue weighted by atomic mass is 10.2. The van der Waals surface area contributed by atoms with Gasteiger partial charge in [0.1, 0.15) is 5.69 Å². The number of alkyl halides is 2. The predicted octanol–water partition coefficient (Wildman–Crippen LogP) is 1.84. The Labute approximate surface area is 113 Å². The summed E-state index contributed by atoms with van der Waals surface area (Å²) < 4.78 is 28.3. The molecule has 2 aromatic heterocycles. The first-order valence-corrected chi connectivity index (χ1v) is 6.42. The maximum Gasteiger partial charge on any atom is 0.348 e. The second kappa shape index (κ2) is 4.81. The van der Waals surface area contributed by atoms with Gasteiger partial charge in [-0.25, -0.2) is 13.6 Å². The van der Waals surface area contributed by atoms with Crippen LogP contribution in [0.3, 0.4) is 0 Å². The van der Waals surface area contributed by atoms with Gasteiger partial charge in [0.25, 0.3) is 6.43 Å². The summed E-state index contributed by atoms with van der Waals surface area (Å²) >= 11 is 0. The lowest BCUT2D eigenvalue weighted by molar-refractivity contribution is 0.144. The molecule has 5 nitrogen and oxygen atoms in total. The summed E-state index contributed by atoms with van der Waals surface area (Å²) in [5.74, 6) is 0.396. The molecule has 0 aromatic carbocycles. The molecule has 0 radical (unpaired) electrons. The van der Waals surface area contributed by atoms with Crippen molar-refractivity contribution in [3.63, 3.8) is 0 Å². The summed E-state index contributed by atoms with van der Waals surface area (Å²) in [6, 6.07) is 1.79. The van der Waals surface area contributed by atoms with Gasteiger partial charge in [0.2, 0.25) is 0 Å². The van der Waals surface area contributed by atoms with Gasteiger partial charge in [-0.2, -0.15) is 10.1 Å². The second-order valence-corrected chi connectivity index (χ2v) is 5.05. The van der Waals surface area contributed by atoms with E-state index in [2.05, 4.69) is 10.1 Å². The van der Waals surface area contributed by atoms with Gasteiger partial charge in [0.15, 0.2) is 0 Å². The van der Waals surface area contributed by atoms with Gasteiger partial charge in [0, 0.05) is 30.9 Å². The molecule has 3 rings (SSSR count). The maximum atomic E-state index is 12.8. The molecule has 1 saturated carbocycles. The number of nitrogens with zero attached hydrogens (tertiary/aromatic N) is 4. The van der Waals surface area contributed by atoms with E-state index in [1.807, 2.05) is 0 Å². The molecule has 2 aromatic rings.